The SMILES string of the molecule is [C-]#[N+]C1=C([N+]#[C-])c2c(c(-c3ccc(OC(F)(F)F)cc3)c3c(c2-c2ccc(OC(F)(F)F)cc2)C(C#N)=C(C#N)/C3=C(\C#N)[N+]#[C-])/C1=C(\C#N)[N+]#[C-]. The number of alkyl halides is 6. The van der Waals surface area contributed by atoms with Gasteiger partial charge in [0.25, 0.3) is 11.4 Å². The maximum Gasteiger partial charge on any atom is 0.573 e. The van der Waals surface area contributed by atoms with E-state index in [1.54, 1.807) is 18.2 Å². The molecule has 5 rings (SSSR count). The molecule has 0 aliphatic heterocycles. The number of nitrogens with zero attached hydrogens (tertiary/aromatic N) is 8. The summed E-state index contributed by atoms with van der Waals surface area (Å²) in [5.41, 5.74) is -5.73. The predicted molar refractivity (Wildman–Crippen MR) is 167 cm³/mol. The van der Waals surface area contributed by atoms with Crippen LogP contribution in [0.1, 0.15) is 22.3 Å². The van der Waals surface area contributed by atoms with Gasteiger partial charge in [0.2, 0.25) is 5.70 Å². The molecule has 16 heteroatoms. The molecule has 0 bridgehead atoms. The first-order chi connectivity index (χ1) is 24.7. The molecular weight excluding hydrogens is 690 g/mol. The van der Waals surface area contributed by atoms with Crippen LogP contribution in [-0.2, 0) is 0 Å². The minimum Gasteiger partial charge on any atom is -0.406 e. The Kier molecular flexibility index (Phi) is 8.74. The average molecular weight is 699 g/mol. The fraction of sp³-hybridized carbons (Fsp3) is 0.0556. The highest BCUT2D eigenvalue weighted by Gasteiger charge is 2.43. The molecule has 2 aliphatic rings. The summed E-state index contributed by atoms with van der Waals surface area (Å²) in [5, 5.41) is 40.9. The van der Waals surface area contributed by atoms with E-state index in [1.807, 2.05) is 6.07 Å². The van der Waals surface area contributed by atoms with Gasteiger partial charge in [0, 0.05) is 11.1 Å². The van der Waals surface area contributed by atoms with E-state index in [0.29, 0.717) is 0 Å². The Morgan fingerprint density at radius 2 is 0.923 bits per heavy atom. The first-order valence-corrected chi connectivity index (χ1v) is 13.8. The van der Waals surface area contributed by atoms with E-state index in [2.05, 4.69) is 28.9 Å². The summed E-state index contributed by atoms with van der Waals surface area (Å²) in [4.78, 5) is 13.4. The van der Waals surface area contributed by atoms with Gasteiger partial charge in [0.15, 0.2) is 5.70 Å². The molecule has 0 amide bonds. The Morgan fingerprint density at radius 3 is 1.29 bits per heavy atom. The van der Waals surface area contributed by atoms with E-state index in [1.165, 1.54) is 0 Å². The first kappa shape index (κ1) is 35.0. The number of ether oxygens (including phenoxy) is 2. The van der Waals surface area contributed by atoms with Gasteiger partial charge < -0.3 is 9.47 Å². The van der Waals surface area contributed by atoms with Gasteiger partial charge in [-0.05, 0) is 68.8 Å². The van der Waals surface area contributed by atoms with Crippen LogP contribution in [0.15, 0.2) is 71.2 Å². The fourth-order valence-electron chi connectivity index (χ4n) is 5.87. The minimum absolute atomic E-state index is 0.0387. The monoisotopic (exact) mass is 698 g/mol. The van der Waals surface area contributed by atoms with Crippen molar-refractivity contribution < 1.29 is 35.8 Å². The van der Waals surface area contributed by atoms with E-state index in [9.17, 15) is 47.4 Å². The third-order valence-electron chi connectivity index (χ3n) is 7.56. The Hall–Kier alpha value is -8.28. The van der Waals surface area contributed by atoms with Gasteiger partial charge in [0.05, 0.1) is 55.6 Å². The lowest BCUT2D eigenvalue weighted by atomic mass is 9.79. The number of hydrogen-bond acceptors (Lipinski definition) is 6. The van der Waals surface area contributed by atoms with Crippen molar-refractivity contribution in [3.63, 3.8) is 0 Å². The van der Waals surface area contributed by atoms with E-state index in [4.69, 9.17) is 26.3 Å². The zero-order chi connectivity index (χ0) is 38.1. The van der Waals surface area contributed by atoms with Gasteiger partial charge in [-0.3, -0.25) is 4.85 Å². The molecule has 0 heterocycles. The van der Waals surface area contributed by atoms with Gasteiger partial charge in [0.1, 0.15) is 17.6 Å². The zero-order valence-corrected chi connectivity index (χ0v) is 25.3. The molecule has 52 heavy (non-hydrogen) atoms. The second-order valence-corrected chi connectivity index (χ2v) is 10.2. The van der Waals surface area contributed by atoms with Crippen LogP contribution in [0.5, 0.6) is 11.5 Å². The van der Waals surface area contributed by atoms with Crippen LogP contribution in [0.25, 0.3) is 64.1 Å². The highest BCUT2D eigenvalue weighted by molar-refractivity contribution is 6.22. The van der Waals surface area contributed by atoms with Crippen LogP contribution in [0.2, 0.25) is 0 Å². The van der Waals surface area contributed by atoms with E-state index >= 15 is 0 Å². The molecular formula is C36H8F6N8O2. The average Bonchev–Trinajstić information content (AvgIpc) is 3.60. The van der Waals surface area contributed by atoms with Crippen molar-refractivity contribution in [2.45, 2.75) is 12.7 Å². The van der Waals surface area contributed by atoms with Crippen LogP contribution in [0, 0.1) is 71.6 Å². The molecule has 0 saturated heterocycles. The highest BCUT2D eigenvalue weighted by Crippen LogP contribution is 2.60. The Balaban J connectivity index is 2.13. The summed E-state index contributed by atoms with van der Waals surface area (Å²) in [6, 6.07) is 14.9. The third kappa shape index (κ3) is 5.75. The van der Waals surface area contributed by atoms with E-state index in [0.717, 1.165) is 48.5 Å². The second-order valence-electron chi connectivity index (χ2n) is 10.2. The molecule has 0 radical (unpaired) electrons. The molecule has 0 atom stereocenters. The van der Waals surface area contributed by atoms with Crippen molar-refractivity contribution in [3.05, 3.63) is 139 Å². The molecule has 3 aromatic carbocycles. The largest absolute Gasteiger partial charge is 0.573 e. The molecule has 0 fully saturated rings. The number of rotatable bonds is 4. The van der Waals surface area contributed by atoms with E-state index < -0.39 is 69.3 Å². The Bertz CT molecular complexity index is 2450. The topological polar surface area (TPSA) is 131 Å². The van der Waals surface area contributed by atoms with Crippen LogP contribution in [0.4, 0.5) is 26.3 Å². The predicted octanol–water partition coefficient (Wildman–Crippen LogP) is 9.46. The quantitative estimate of drug-likeness (QED) is 0.152. The molecule has 3 aromatic rings. The van der Waals surface area contributed by atoms with Crippen molar-refractivity contribution in [3.8, 4) is 58.0 Å². The molecule has 2 aliphatic carbocycles. The number of halogens is 6. The Labute approximate surface area is 289 Å². The number of allylic oxidation sites excluding steroid dienone is 6. The van der Waals surface area contributed by atoms with Gasteiger partial charge >= 0.3 is 12.7 Å². The number of fused-ring (bicyclic) bond motifs is 2. The summed E-state index contributed by atoms with van der Waals surface area (Å²) < 4.78 is 86.2. The minimum atomic E-state index is -5.10. The maximum absolute atomic E-state index is 13.1. The molecule has 0 unspecified atom stereocenters. The first-order valence-electron chi connectivity index (χ1n) is 13.8. The zero-order valence-electron chi connectivity index (χ0n) is 25.3. The van der Waals surface area contributed by atoms with Crippen molar-refractivity contribution in [2.24, 2.45) is 0 Å². The lowest BCUT2D eigenvalue weighted by Crippen LogP contribution is -2.17. The smallest absolute Gasteiger partial charge is 0.406 e. The fourth-order valence-corrected chi connectivity index (χ4v) is 5.87. The second kappa shape index (κ2) is 13.0. The number of hydrogen-bond donors (Lipinski definition) is 0. The summed E-state index contributed by atoms with van der Waals surface area (Å²) >= 11 is 0. The van der Waals surface area contributed by atoms with Gasteiger partial charge in [-0.2, -0.15) is 10.5 Å². The van der Waals surface area contributed by atoms with Gasteiger partial charge in [-0.15, -0.1) is 26.3 Å². The lowest BCUT2D eigenvalue weighted by Gasteiger charge is -2.24. The van der Waals surface area contributed by atoms with Crippen molar-refractivity contribution in [1.29, 1.82) is 21.0 Å². The van der Waals surface area contributed by atoms with Crippen molar-refractivity contribution in [2.75, 3.05) is 0 Å². The van der Waals surface area contributed by atoms with Gasteiger partial charge in [-0.25, -0.2) is 25.1 Å². The summed E-state index contributed by atoms with van der Waals surface area (Å²) in [5.74, 6) is -1.37. The molecule has 0 saturated carbocycles. The number of nitriles is 4. The summed E-state index contributed by atoms with van der Waals surface area (Å²) in [6.07, 6.45) is -10.2. The maximum atomic E-state index is 13.1. The molecule has 10 nitrogen and oxygen atoms in total. The van der Waals surface area contributed by atoms with Crippen molar-refractivity contribution >= 4 is 22.4 Å². The third-order valence-corrected chi connectivity index (χ3v) is 7.56. The lowest BCUT2D eigenvalue weighted by molar-refractivity contribution is -0.275. The normalized spacial score (nSPS) is 14.9. The standard InChI is InChI=1S/C36H8F6N8O2/c1-47-23(15-45)27-21(13-43)22(14-44)28-25(17-5-9-19(10-6-17)51-35(37,38)39)32-31(29(24(16-46)48-2)33(49-3)34(32)50-4)26(30(27)28)18-7-11-20(12-8-18)52-36(40,41)42/h5-12H/b27-23-,29-24-. The number of benzene rings is 3. The van der Waals surface area contributed by atoms with E-state index in [-0.39, 0.29) is 44.5 Å². The Morgan fingerprint density at radius 1 is 0.519 bits per heavy atom. The van der Waals surface area contributed by atoms with Crippen LogP contribution in [0.3, 0.4) is 0 Å². The molecule has 0 aromatic heterocycles. The van der Waals surface area contributed by atoms with Crippen LogP contribution >= 0.6 is 0 Å². The van der Waals surface area contributed by atoms with Crippen LogP contribution < -0.4 is 9.47 Å². The van der Waals surface area contributed by atoms with Crippen molar-refractivity contribution in [1.82, 2.24) is 0 Å². The molecule has 0 spiro atoms. The molecule has 246 valence electrons. The molecule has 0 N–H and O–H groups in total. The van der Waals surface area contributed by atoms with Gasteiger partial charge in [-0.1, -0.05) is 24.3 Å². The summed E-state index contributed by atoms with van der Waals surface area (Å²) in [6.45, 7) is 31.5. The highest BCUT2D eigenvalue weighted by atomic mass is 19.4. The summed E-state index contributed by atoms with van der Waals surface area (Å²) in [7, 11) is 0. The van der Waals surface area contributed by atoms with Crippen LogP contribution in [-0.4, -0.2) is 12.7 Å².